The molecule has 8 heteroatoms. The maximum atomic E-state index is 12.8. The van der Waals surface area contributed by atoms with Crippen LogP contribution in [-0.2, 0) is 19.6 Å². The van der Waals surface area contributed by atoms with Gasteiger partial charge in [-0.3, -0.25) is 9.59 Å². The number of carboxylic acids is 1. The Kier molecular flexibility index (Phi) is 7.98. The molecule has 1 rings (SSSR count). The number of amides is 1. The van der Waals surface area contributed by atoms with E-state index in [4.69, 9.17) is 5.11 Å². The van der Waals surface area contributed by atoms with Crippen molar-refractivity contribution in [3.63, 3.8) is 0 Å². The van der Waals surface area contributed by atoms with Crippen molar-refractivity contribution >= 4 is 21.9 Å². The number of carboxylic acid groups (broad SMARTS) is 1. The molecular weight excluding hydrogens is 368 g/mol. The molecule has 0 aromatic heterocycles. The molecule has 1 aromatic rings. The lowest BCUT2D eigenvalue weighted by molar-refractivity contribution is -0.137. The Morgan fingerprint density at radius 1 is 0.926 bits per heavy atom. The fourth-order valence-electron chi connectivity index (χ4n) is 3.00. The molecule has 1 unspecified atom stereocenters. The lowest BCUT2D eigenvalue weighted by Gasteiger charge is -2.19. The van der Waals surface area contributed by atoms with Gasteiger partial charge in [0.1, 0.15) is 0 Å². The zero-order valence-corrected chi connectivity index (χ0v) is 17.7. The smallest absolute Gasteiger partial charge is 0.303 e. The second-order valence-electron chi connectivity index (χ2n) is 7.00. The number of carbonyl (C=O) groups excluding carboxylic acids is 1. The van der Waals surface area contributed by atoms with Crippen LogP contribution >= 0.6 is 0 Å². The normalized spacial score (nSPS) is 12.7. The lowest BCUT2D eigenvalue weighted by Crippen LogP contribution is -2.36. The number of hydrogen-bond donors (Lipinski definition) is 3. The minimum atomic E-state index is -3.74. The molecule has 1 aromatic carbocycles. The molecule has 0 aliphatic heterocycles. The van der Waals surface area contributed by atoms with Gasteiger partial charge in [-0.1, -0.05) is 0 Å². The maximum absolute atomic E-state index is 12.8. The summed E-state index contributed by atoms with van der Waals surface area (Å²) in [5.74, 6) is -1.24. The Morgan fingerprint density at radius 2 is 1.41 bits per heavy atom. The number of rotatable bonds is 9. The molecule has 1 atom stereocenters. The molecule has 0 aliphatic carbocycles. The van der Waals surface area contributed by atoms with E-state index in [9.17, 15) is 18.0 Å². The molecule has 0 aliphatic rings. The van der Waals surface area contributed by atoms with Crippen LogP contribution in [0.2, 0.25) is 0 Å². The van der Waals surface area contributed by atoms with Crippen LogP contribution in [0, 0.1) is 34.6 Å². The van der Waals surface area contributed by atoms with E-state index in [0.29, 0.717) is 6.42 Å². The van der Waals surface area contributed by atoms with Crippen LogP contribution in [0.4, 0.5) is 0 Å². The number of hydrogen-bond acceptors (Lipinski definition) is 4. The van der Waals surface area contributed by atoms with Crippen molar-refractivity contribution in [2.24, 2.45) is 0 Å². The third kappa shape index (κ3) is 6.04. The van der Waals surface area contributed by atoms with Crippen molar-refractivity contribution in [3.8, 4) is 0 Å². The predicted molar refractivity (Wildman–Crippen MR) is 104 cm³/mol. The molecule has 1 amide bonds. The molecule has 0 radical (unpaired) electrons. The van der Waals surface area contributed by atoms with Crippen LogP contribution in [0.5, 0.6) is 0 Å². The van der Waals surface area contributed by atoms with Gasteiger partial charge in [-0.05, 0) is 75.8 Å². The summed E-state index contributed by atoms with van der Waals surface area (Å²) >= 11 is 0. The average Bonchev–Trinajstić information content (AvgIpc) is 2.56. The topological polar surface area (TPSA) is 113 Å². The van der Waals surface area contributed by atoms with Crippen molar-refractivity contribution in [2.45, 2.75) is 71.7 Å². The number of sulfonamides is 1. The van der Waals surface area contributed by atoms with Gasteiger partial charge in [0.15, 0.2) is 0 Å². The Bertz CT molecular complexity index is 802. The highest BCUT2D eigenvalue weighted by Crippen LogP contribution is 2.29. The summed E-state index contributed by atoms with van der Waals surface area (Å²) in [6, 6.07) is -0.280. The summed E-state index contributed by atoms with van der Waals surface area (Å²) in [6.45, 7) is 11.1. The minimum Gasteiger partial charge on any atom is -0.481 e. The molecule has 3 N–H and O–H groups in total. The van der Waals surface area contributed by atoms with Crippen LogP contribution in [0.25, 0.3) is 0 Å². The van der Waals surface area contributed by atoms with Gasteiger partial charge in [0.05, 0.1) is 4.90 Å². The molecule has 152 valence electrons. The number of nitrogens with one attached hydrogen (secondary N) is 2. The van der Waals surface area contributed by atoms with Gasteiger partial charge in [0.25, 0.3) is 0 Å². The summed E-state index contributed by atoms with van der Waals surface area (Å²) < 4.78 is 28.0. The Morgan fingerprint density at radius 3 is 1.89 bits per heavy atom. The maximum Gasteiger partial charge on any atom is 0.303 e. The molecular formula is C19H30N2O5S. The summed E-state index contributed by atoms with van der Waals surface area (Å²) in [6.07, 6.45) is 0.282. The first-order valence-electron chi connectivity index (χ1n) is 8.96. The van der Waals surface area contributed by atoms with E-state index in [1.54, 1.807) is 20.8 Å². The average molecular weight is 399 g/mol. The van der Waals surface area contributed by atoms with Gasteiger partial charge < -0.3 is 10.4 Å². The second-order valence-corrected chi connectivity index (χ2v) is 8.71. The molecule has 0 saturated carbocycles. The molecule has 7 nitrogen and oxygen atoms in total. The molecule has 27 heavy (non-hydrogen) atoms. The predicted octanol–water partition coefficient (Wildman–Crippen LogP) is 2.27. The summed E-state index contributed by atoms with van der Waals surface area (Å²) in [5, 5.41) is 11.3. The van der Waals surface area contributed by atoms with Gasteiger partial charge in [-0.15, -0.1) is 0 Å². The van der Waals surface area contributed by atoms with Crippen LogP contribution in [0.3, 0.4) is 0 Å². The largest absolute Gasteiger partial charge is 0.481 e. The second kappa shape index (κ2) is 9.32. The van der Waals surface area contributed by atoms with Gasteiger partial charge in [-0.2, -0.15) is 0 Å². The SMILES string of the molecule is Cc1c(C)c(C)c(S(=O)(=O)NCCC(=O)NC(C)CCC(=O)O)c(C)c1C. The van der Waals surface area contributed by atoms with Gasteiger partial charge in [0.2, 0.25) is 15.9 Å². The molecule has 0 bridgehead atoms. The van der Waals surface area contributed by atoms with E-state index in [1.807, 2.05) is 20.8 Å². The first kappa shape index (κ1) is 23.1. The Hall–Kier alpha value is -1.93. The van der Waals surface area contributed by atoms with Crippen molar-refractivity contribution in [2.75, 3.05) is 6.54 Å². The van der Waals surface area contributed by atoms with E-state index in [2.05, 4.69) is 10.0 Å². The van der Waals surface area contributed by atoms with Crippen LogP contribution < -0.4 is 10.0 Å². The van der Waals surface area contributed by atoms with Crippen molar-refractivity contribution < 1.29 is 23.1 Å². The first-order chi connectivity index (χ1) is 12.4. The minimum absolute atomic E-state index is 0.0153. The van der Waals surface area contributed by atoms with Crippen LogP contribution in [0.15, 0.2) is 4.90 Å². The van der Waals surface area contributed by atoms with Crippen molar-refractivity contribution in [3.05, 3.63) is 27.8 Å². The number of carbonyl (C=O) groups is 2. The quantitative estimate of drug-likeness (QED) is 0.591. The highest BCUT2D eigenvalue weighted by Gasteiger charge is 2.23. The van der Waals surface area contributed by atoms with Crippen LogP contribution in [0.1, 0.15) is 54.0 Å². The molecule has 0 spiro atoms. The standard InChI is InChI=1S/C19H30N2O5S/c1-11(7-8-18(23)24)21-17(22)9-10-20-27(25,26)19-15(5)13(3)12(2)14(4)16(19)6/h11,20H,7-10H2,1-6H3,(H,21,22)(H,23,24). The Labute approximate surface area is 161 Å². The highest BCUT2D eigenvalue weighted by molar-refractivity contribution is 7.89. The highest BCUT2D eigenvalue weighted by atomic mass is 32.2. The Balaban J connectivity index is 2.76. The van der Waals surface area contributed by atoms with E-state index in [-0.39, 0.29) is 36.2 Å². The van der Waals surface area contributed by atoms with Crippen molar-refractivity contribution in [1.29, 1.82) is 0 Å². The van der Waals surface area contributed by atoms with E-state index in [1.165, 1.54) is 0 Å². The molecule has 0 fully saturated rings. The zero-order chi connectivity index (χ0) is 20.9. The third-order valence-electron chi connectivity index (χ3n) is 5.04. The van der Waals surface area contributed by atoms with Gasteiger partial charge >= 0.3 is 5.97 Å². The first-order valence-corrected chi connectivity index (χ1v) is 10.4. The summed E-state index contributed by atoms with van der Waals surface area (Å²) in [5.41, 5.74) is 4.41. The molecule has 0 saturated heterocycles. The number of benzene rings is 1. The molecule has 0 heterocycles. The van der Waals surface area contributed by atoms with E-state index < -0.39 is 16.0 Å². The van der Waals surface area contributed by atoms with Crippen LogP contribution in [-0.4, -0.2) is 38.0 Å². The lowest BCUT2D eigenvalue weighted by atomic mass is 9.95. The van der Waals surface area contributed by atoms with E-state index in [0.717, 1.165) is 27.8 Å². The van der Waals surface area contributed by atoms with Crippen molar-refractivity contribution in [1.82, 2.24) is 10.0 Å². The number of aliphatic carboxylic acids is 1. The third-order valence-corrected chi connectivity index (χ3v) is 6.78. The summed E-state index contributed by atoms with van der Waals surface area (Å²) in [4.78, 5) is 22.7. The summed E-state index contributed by atoms with van der Waals surface area (Å²) in [7, 11) is -3.74. The monoisotopic (exact) mass is 398 g/mol. The zero-order valence-electron chi connectivity index (χ0n) is 16.9. The fraction of sp³-hybridized carbons (Fsp3) is 0.579. The van der Waals surface area contributed by atoms with E-state index >= 15 is 0 Å². The fourth-order valence-corrected chi connectivity index (χ4v) is 4.63. The van der Waals surface area contributed by atoms with Gasteiger partial charge in [-0.25, -0.2) is 13.1 Å². The van der Waals surface area contributed by atoms with Gasteiger partial charge in [0, 0.05) is 25.4 Å².